The third kappa shape index (κ3) is 8.51. The number of para-hydroxylation sites is 2. The van der Waals surface area contributed by atoms with Crippen molar-refractivity contribution in [3.8, 4) is 23.0 Å². The van der Waals surface area contributed by atoms with Gasteiger partial charge in [-0.1, -0.05) is 91.0 Å². The van der Waals surface area contributed by atoms with Crippen molar-refractivity contribution < 1.29 is 32.5 Å². The standard InChI is InChI=1S/C43H41N2O9P/c1-30-28-45(42(47)44-41(30)46)40-27-38(54-55(52-36-15-9-5-10-16-36)53-37-17-11-6-12-18-37)39(51-40)29-50-43(31-13-7-4-8-14-31,32-19-23-34(48-2)24-20-32)33-21-25-35(49-3)26-22-33/h4-26,28,38-40H,27,29H2,1-3H3,(H,44,46,47)/t38-,39+,40+/m0/s1. The molecular formula is C43H41N2O9P. The number of ether oxygens (including phenoxy) is 4. The zero-order valence-corrected chi connectivity index (χ0v) is 31.5. The van der Waals surface area contributed by atoms with E-state index in [0.29, 0.717) is 28.6 Å². The van der Waals surface area contributed by atoms with Gasteiger partial charge in [-0.25, -0.2) is 4.79 Å². The molecular weight excluding hydrogens is 719 g/mol. The normalized spacial score (nSPS) is 16.8. The summed E-state index contributed by atoms with van der Waals surface area (Å²) in [5.41, 5.74) is 0.700. The molecule has 0 aliphatic carbocycles. The highest BCUT2D eigenvalue weighted by molar-refractivity contribution is 7.42. The molecule has 7 rings (SSSR count). The number of aromatic amines is 1. The van der Waals surface area contributed by atoms with Crippen LogP contribution in [-0.4, -0.2) is 42.6 Å². The summed E-state index contributed by atoms with van der Waals surface area (Å²) in [7, 11) is 1.20. The number of nitrogens with one attached hydrogen (secondary N) is 1. The van der Waals surface area contributed by atoms with Crippen molar-refractivity contribution in [1.29, 1.82) is 0 Å². The average Bonchev–Trinajstić information content (AvgIpc) is 3.62. The number of benzene rings is 5. The smallest absolute Gasteiger partial charge is 0.463 e. The van der Waals surface area contributed by atoms with Crippen LogP contribution in [0, 0.1) is 6.92 Å². The van der Waals surface area contributed by atoms with Crippen LogP contribution in [0.25, 0.3) is 0 Å². The number of aryl methyl sites for hydroxylation is 1. The fraction of sp³-hybridized carbons (Fsp3) is 0.209. The van der Waals surface area contributed by atoms with Crippen molar-refractivity contribution in [3.63, 3.8) is 0 Å². The number of rotatable bonds is 15. The number of H-pyrrole nitrogens is 1. The Bertz CT molecular complexity index is 2160. The molecule has 1 aliphatic rings. The SMILES string of the molecule is COc1ccc(C(OC[C@H]2O[C@@H](n3cc(C)c(=O)[nH]c3=O)C[C@@H]2OP(Oc2ccccc2)Oc2ccccc2)(c2ccccc2)c2ccc(OC)cc2)cc1. The van der Waals surface area contributed by atoms with Crippen LogP contribution >= 0.6 is 8.60 Å². The predicted molar refractivity (Wildman–Crippen MR) is 209 cm³/mol. The van der Waals surface area contributed by atoms with Crippen LogP contribution in [-0.2, 0) is 19.6 Å². The molecule has 12 heteroatoms. The first-order valence-electron chi connectivity index (χ1n) is 17.8. The Kier molecular flexibility index (Phi) is 11.7. The van der Waals surface area contributed by atoms with E-state index in [1.165, 1.54) is 10.8 Å². The van der Waals surface area contributed by atoms with E-state index in [0.717, 1.165) is 16.7 Å². The first-order chi connectivity index (χ1) is 26.9. The molecule has 55 heavy (non-hydrogen) atoms. The van der Waals surface area contributed by atoms with Crippen LogP contribution in [0.3, 0.4) is 0 Å². The molecule has 0 radical (unpaired) electrons. The lowest BCUT2D eigenvalue weighted by atomic mass is 9.80. The van der Waals surface area contributed by atoms with Crippen molar-refractivity contribution in [2.24, 2.45) is 0 Å². The minimum atomic E-state index is -2.05. The molecule has 0 unspecified atom stereocenters. The van der Waals surface area contributed by atoms with Crippen molar-refractivity contribution in [2.75, 3.05) is 20.8 Å². The quantitative estimate of drug-likeness (QED) is 0.0823. The molecule has 3 atom stereocenters. The fourth-order valence-corrected chi connectivity index (χ4v) is 7.67. The highest BCUT2D eigenvalue weighted by atomic mass is 31.2. The maximum Gasteiger partial charge on any atom is 0.463 e. The minimum absolute atomic E-state index is 0.00501. The van der Waals surface area contributed by atoms with Crippen molar-refractivity contribution in [3.05, 3.63) is 189 Å². The van der Waals surface area contributed by atoms with Gasteiger partial charge in [0, 0.05) is 18.2 Å². The van der Waals surface area contributed by atoms with Gasteiger partial charge < -0.3 is 28.0 Å². The van der Waals surface area contributed by atoms with E-state index in [-0.39, 0.29) is 13.0 Å². The Morgan fingerprint density at radius 1 is 0.691 bits per heavy atom. The van der Waals surface area contributed by atoms with Gasteiger partial charge in [-0.2, -0.15) is 0 Å². The molecule has 282 valence electrons. The van der Waals surface area contributed by atoms with Gasteiger partial charge in [0.25, 0.3) is 5.56 Å². The van der Waals surface area contributed by atoms with Gasteiger partial charge in [-0.15, -0.1) is 0 Å². The highest BCUT2D eigenvalue weighted by Gasteiger charge is 2.45. The molecule has 11 nitrogen and oxygen atoms in total. The first-order valence-corrected chi connectivity index (χ1v) is 18.8. The molecule has 0 saturated carbocycles. The summed E-state index contributed by atoms with van der Waals surface area (Å²) < 4.78 is 45.6. The van der Waals surface area contributed by atoms with Crippen molar-refractivity contribution in [2.45, 2.75) is 37.4 Å². The van der Waals surface area contributed by atoms with E-state index in [2.05, 4.69) is 4.98 Å². The molecule has 0 amide bonds. The Labute approximate surface area is 320 Å². The van der Waals surface area contributed by atoms with Gasteiger partial charge in [-0.05, 0) is 72.1 Å². The van der Waals surface area contributed by atoms with Gasteiger partial charge in [0.05, 0.1) is 20.8 Å². The summed E-state index contributed by atoms with van der Waals surface area (Å²) in [6, 6.07) is 44.0. The molecule has 5 aromatic carbocycles. The largest absolute Gasteiger partial charge is 0.497 e. The second-order valence-corrected chi connectivity index (χ2v) is 13.9. The summed E-state index contributed by atoms with van der Waals surface area (Å²) in [5.74, 6) is 2.51. The molecule has 0 spiro atoms. The van der Waals surface area contributed by atoms with Gasteiger partial charge >= 0.3 is 14.3 Å². The Hall–Kier alpha value is -5.71. The van der Waals surface area contributed by atoms with Crippen LogP contribution in [0.2, 0.25) is 0 Å². The van der Waals surface area contributed by atoms with E-state index < -0.39 is 43.9 Å². The van der Waals surface area contributed by atoms with E-state index in [4.69, 9.17) is 32.5 Å². The number of hydrogen-bond acceptors (Lipinski definition) is 9. The van der Waals surface area contributed by atoms with E-state index in [1.54, 1.807) is 21.1 Å². The molecule has 1 saturated heterocycles. The van der Waals surface area contributed by atoms with Gasteiger partial charge in [0.2, 0.25) is 0 Å². The topological polar surface area (TPSA) is 119 Å². The molecule has 2 heterocycles. The summed E-state index contributed by atoms with van der Waals surface area (Å²) in [5, 5.41) is 0. The van der Waals surface area contributed by atoms with Gasteiger partial charge in [0.15, 0.2) is 0 Å². The van der Waals surface area contributed by atoms with Crippen LogP contribution in [0.15, 0.2) is 155 Å². The van der Waals surface area contributed by atoms with E-state index in [1.807, 2.05) is 140 Å². The zero-order valence-electron chi connectivity index (χ0n) is 30.6. The number of aromatic nitrogens is 2. The number of nitrogens with zero attached hydrogens (tertiary/aromatic N) is 1. The van der Waals surface area contributed by atoms with Crippen molar-refractivity contribution in [1.82, 2.24) is 9.55 Å². The summed E-state index contributed by atoms with van der Waals surface area (Å²) in [6.45, 7) is 1.64. The van der Waals surface area contributed by atoms with E-state index >= 15 is 0 Å². The molecule has 1 N–H and O–H groups in total. The van der Waals surface area contributed by atoms with Crippen LogP contribution < -0.4 is 29.8 Å². The van der Waals surface area contributed by atoms with Gasteiger partial charge in [0.1, 0.15) is 47.0 Å². The lowest BCUT2D eigenvalue weighted by molar-refractivity contribution is -0.0921. The predicted octanol–water partition coefficient (Wildman–Crippen LogP) is 7.93. The summed E-state index contributed by atoms with van der Waals surface area (Å²) in [4.78, 5) is 27.9. The maximum absolute atomic E-state index is 13.2. The monoisotopic (exact) mass is 760 g/mol. The molecule has 0 bridgehead atoms. The van der Waals surface area contributed by atoms with Crippen LogP contribution in [0.4, 0.5) is 0 Å². The summed E-state index contributed by atoms with van der Waals surface area (Å²) in [6.07, 6.45) is -0.521. The fourth-order valence-electron chi connectivity index (χ4n) is 6.52. The number of methoxy groups -OCH3 is 2. The maximum atomic E-state index is 13.2. The van der Waals surface area contributed by atoms with Gasteiger partial charge in [-0.3, -0.25) is 18.9 Å². The molecule has 1 aromatic heterocycles. The van der Waals surface area contributed by atoms with Crippen LogP contribution in [0.5, 0.6) is 23.0 Å². The third-order valence-electron chi connectivity index (χ3n) is 9.34. The van der Waals surface area contributed by atoms with Crippen LogP contribution in [0.1, 0.15) is 34.9 Å². The van der Waals surface area contributed by atoms with Crippen molar-refractivity contribution >= 4 is 8.60 Å². The third-order valence-corrected chi connectivity index (χ3v) is 10.5. The Morgan fingerprint density at radius 3 is 1.69 bits per heavy atom. The lowest BCUT2D eigenvalue weighted by Gasteiger charge is -2.37. The average molecular weight is 761 g/mol. The number of hydrogen-bond donors (Lipinski definition) is 1. The highest BCUT2D eigenvalue weighted by Crippen LogP contribution is 2.48. The minimum Gasteiger partial charge on any atom is -0.497 e. The molecule has 1 aliphatic heterocycles. The second-order valence-electron chi connectivity index (χ2n) is 12.8. The summed E-state index contributed by atoms with van der Waals surface area (Å²) >= 11 is 0. The molecule has 6 aromatic rings. The lowest BCUT2D eigenvalue weighted by Crippen LogP contribution is -2.38. The second kappa shape index (κ2) is 17.2. The molecule has 1 fully saturated rings. The first kappa shape index (κ1) is 37.6. The zero-order chi connectivity index (χ0) is 38.2. The Morgan fingerprint density at radius 2 is 1.18 bits per heavy atom. The Balaban J connectivity index is 1.29. The van der Waals surface area contributed by atoms with E-state index in [9.17, 15) is 9.59 Å².